The Morgan fingerprint density at radius 2 is 2.11 bits per heavy atom. The van der Waals surface area contributed by atoms with Gasteiger partial charge in [-0.1, -0.05) is 0 Å². The normalized spacial score (nSPS) is 12.3. The van der Waals surface area contributed by atoms with Crippen LogP contribution in [0.15, 0.2) is 25.2 Å². The molecule has 0 saturated carbocycles. The van der Waals surface area contributed by atoms with Crippen molar-refractivity contribution in [2.45, 2.75) is 12.5 Å². The molecule has 0 bridgehead atoms. The van der Waals surface area contributed by atoms with Crippen LogP contribution in [-0.4, -0.2) is 85.5 Å². The Bertz CT molecular complexity index is 887. The van der Waals surface area contributed by atoms with E-state index in [0.29, 0.717) is 23.6 Å². The Hall–Kier alpha value is -3.25. The summed E-state index contributed by atoms with van der Waals surface area (Å²) >= 11 is 0. The number of nitrogens with one attached hydrogen (secondary N) is 1. The number of hydrogen-bond donors (Lipinski definition) is 4. The van der Waals surface area contributed by atoms with Crippen molar-refractivity contribution in [3.63, 3.8) is 0 Å². The molecule has 12 nitrogen and oxygen atoms in total. The lowest BCUT2D eigenvalue weighted by Crippen LogP contribution is -2.39. The van der Waals surface area contributed by atoms with Gasteiger partial charge in [-0.2, -0.15) is 4.73 Å². The Labute approximate surface area is 161 Å². The van der Waals surface area contributed by atoms with Gasteiger partial charge in [0, 0.05) is 18.3 Å². The first kappa shape index (κ1) is 21.1. The quantitative estimate of drug-likeness (QED) is 0.364. The van der Waals surface area contributed by atoms with E-state index in [-0.39, 0.29) is 6.42 Å². The van der Waals surface area contributed by atoms with Gasteiger partial charge in [0.2, 0.25) is 5.65 Å². The number of quaternary nitrogens is 1. The van der Waals surface area contributed by atoms with Crippen molar-refractivity contribution in [3.8, 4) is 0 Å². The van der Waals surface area contributed by atoms with E-state index in [2.05, 4.69) is 46.1 Å². The molecule has 0 saturated heterocycles. The van der Waals surface area contributed by atoms with Crippen molar-refractivity contribution in [1.82, 2.24) is 29.7 Å². The summed E-state index contributed by atoms with van der Waals surface area (Å²) in [6.45, 7) is 1.47. The SMILES string of the molecule is C[N+](C)(C)CCOn1cnc2c(N)ncnc21.N[C@@H](Cc1cnc[nH]1)C(=O)O. The molecule has 0 unspecified atom stereocenters. The smallest absolute Gasteiger partial charge is 0.320 e. The number of rotatable bonds is 7. The lowest BCUT2D eigenvalue weighted by Gasteiger charge is -2.23. The number of nitrogens with zero attached hydrogens (tertiary/aromatic N) is 6. The molecule has 1 atom stereocenters. The van der Waals surface area contributed by atoms with Gasteiger partial charge in [-0.25, -0.2) is 19.9 Å². The Kier molecular flexibility index (Phi) is 6.84. The second-order valence-corrected chi connectivity index (χ2v) is 7.07. The Morgan fingerprint density at radius 1 is 1.36 bits per heavy atom. The molecule has 6 N–H and O–H groups in total. The standard InChI is InChI=1S/C10H17N6O.C6H9N3O2/c1-16(2,3)4-5-17-15-7-14-8-9(11)12-6-13-10(8)15;7-5(6(10)11)1-4-2-8-3-9-4/h6-7H,4-5H2,1-3H3,(H2,11,12,13);2-3,5H,1,7H2,(H,8,9)(H,10,11)/q+1;/t;5-/m.0/s1. The van der Waals surface area contributed by atoms with Crippen molar-refractivity contribution < 1.29 is 19.2 Å². The van der Waals surface area contributed by atoms with E-state index in [4.69, 9.17) is 21.4 Å². The summed E-state index contributed by atoms with van der Waals surface area (Å²) < 4.78 is 2.37. The predicted molar refractivity (Wildman–Crippen MR) is 102 cm³/mol. The molecule has 3 heterocycles. The highest BCUT2D eigenvalue weighted by molar-refractivity contribution is 5.80. The van der Waals surface area contributed by atoms with Gasteiger partial charge in [0.05, 0.1) is 27.5 Å². The zero-order valence-corrected chi connectivity index (χ0v) is 16.1. The molecule has 0 amide bonds. The summed E-state index contributed by atoms with van der Waals surface area (Å²) in [6, 6.07) is -0.851. The minimum atomic E-state index is -1.00. The van der Waals surface area contributed by atoms with Gasteiger partial charge in [0.1, 0.15) is 25.2 Å². The molecule has 3 aromatic rings. The van der Waals surface area contributed by atoms with Crippen LogP contribution in [0.2, 0.25) is 0 Å². The van der Waals surface area contributed by atoms with Gasteiger partial charge in [-0.05, 0) is 0 Å². The molecule has 0 aliphatic carbocycles. The van der Waals surface area contributed by atoms with Crippen molar-refractivity contribution in [1.29, 1.82) is 0 Å². The van der Waals surface area contributed by atoms with Crippen LogP contribution in [0.3, 0.4) is 0 Å². The van der Waals surface area contributed by atoms with E-state index in [1.165, 1.54) is 17.4 Å². The highest BCUT2D eigenvalue weighted by Crippen LogP contribution is 2.12. The van der Waals surface area contributed by atoms with Gasteiger partial charge in [0.15, 0.2) is 17.9 Å². The van der Waals surface area contributed by atoms with E-state index in [0.717, 1.165) is 16.7 Å². The monoisotopic (exact) mass is 392 g/mol. The van der Waals surface area contributed by atoms with Crippen LogP contribution in [0.25, 0.3) is 11.2 Å². The fourth-order valence-corrected chi connectivity index (χ4v) is 2.06. The lowest BCUT2D eigenvalue weighted by atomic mass is 10.2. The van der Waals surface area contributed by atoms with Crippen molar-refractivity contribution >= 4 is 23.0 Å². The number of hydrogen-bond acceptors (Lipinski definition) is 8. The number of aromatic amines is 1. The second-order valence-electron chi connectivity index (χ2n) is 7.07. The van der Waals surface area contributed by atoms with Crippen LogP contribution >= 0.6 is 0 Å². The number of carboxylic acid groups (broad SMARTS) is 1. The number of carbonyl (C=O) groups is 1. The lowest BCUT2D eigenvalue weighted by molar-refractivity contribution is -0.870. The number of carboxylic acids is 1. The summed E-state index contributed by atoms with van der Waals surface area (Å²) in [6.07, 6.45) is 6.30. The van der Waals surface area contributed by atoms with Crippen LogP contribution in [0, 0.1) is 0 Å². The average molecular weight is 392 g/mol. The second kappa shape index (κ2) is 9.10. The van der Waals surface area contributed by atoms with Crippen LogP contribution in [0.5, 0.6) is 0 Å². The third-order valence-electron chi connectivity index (χ3n) is 3.64. The average Bonchev–Trinajstić information content (AvgIpc) is 3.25. The fourth-order valence-electron chi connectivity index (χ4n) is 2.06. The van der Waals surface area contributed by atoms with E-state index < -0.39 is 12.0 Å². The van der Waals surface area contributed by atoms with Gasteiger partial charge in [0.25, 0.3) is 0 Å². The highest BCUT2D eigenvalue weighted by Gasteiger charge is 2.12. The van der Waals surface area contributed by atoms with E-state index in [1.807, 2.05) is 0 Å². The molecule has 152 valence electrons. The molecule has 3 rings (SSSR count). The van der Waals surface area contributed by atoms with E-state index >= 15 is 0 Å². The molecule has 3 aromatic heterocycles. The first-order valence-corrected chi connectivity index (χ1v) is 8.50. The van der Waals surface area contributed by atoms with Crippen molar-refractivity contribution in [2.75, 3.05) is 40.0 Å². The molecule has 0 aliphatic rings. The highest BCUT2D eigenvalue weighted by atomic mass is 16.7. The van der Waals surface area contributed by atoms with Crippen LogP contribution in [0.4, 0.5) is 5.82 Å². The molecule has 12 heteroatoms. The number of anilines is 1. The number of nitrogen functional groups attached to an aromatic ring is 1. The third-order valence-corrected chi connectivity index (χ3v) is 3.64. The first-order valence-electron chi connectivity index (χ1n) is 8.50. The molecular formula is C16H26N9O3+. The summed E-state index contributed by atoms with van der Waals surface area (Å²) in [7, 11) is 6.32. The van der Waals surface area contributed by atoms with E-state index in [9.17, 15) is 4.79 Å². The summed E-state index contributed by atoms with van der Waals surface area (Å²) in [5.41, 5.74) is 12.8. The summed E-state index contributed by atoms with van der Waals surface area (Å²) in [5, 5.41) is 8.42. The number of likely N-dealkylation sites (N-methyl/N-ethyl adjacent to an activating group) is 1. The minimum Gasteiger partial charge on any atom is -0.480 e. The van der Waals surface area contributed by atoms with Crippen LogP contribution in [-0.2, 0) is 11.2 Å². The van der Waals surface area contributed by atoms with Crippen molar-refractivity contribution in [3.05, 3.63) is 30.9 Å². The van der Waals surface area contributed by atoms with Gasteiger partial charge in [-0.15, -0.1) is 0 Å². The van der Waals surface area contributed by atoms with Gasteiger partial charge < -0.3 is 30.9 Å². The maximum Gasteiger partial charge on any atom is 0.320 e. The van der Waals surface area contributed by atoms with E-state index in [1.54, 1.807) is 12.5 Å². The fraction of sp³-hybridized carbons (Fsp3) is 0.438. The topological polar surface area (TPSA) is 171 Å². The Balaban J connectivity index is 0.000000221. The summed E-state index contributed by atoms with van der Waals surface area (Å²) in [4.78, 5) is 34.4. The molecule has 28 heavy (non-hydrogen) atoms. The predicted octanol–water partition coefficient (Wildman–Crippen LogP) is -1.09. The number of fused-ring (bicyclic) bond motifs is 1. The minimum absolute atomic E-state index is 0.287. The molecular weight excluding hydrogens is 366 g/mol. The van der Waals surface area contributed by atoms with Crippen LogP contribution in [0.1, 0.15) is 5.69 Å². The number of aromatic nitrogens is 6. The molecule has 0 aliphatic heterocycles. The first-order chi connectivity index (χ1) is 13.2. The van der Waals surface area contributed by atoms with Crippen LogP contribution < -0.4 is 16.3 Å². The number of imidazole rings is 2. The zero-order valence-electron chi connectivity index (χ0n) is 16.1. The number of nitrogens with two attached hydrogens (primary N) is 2. The Morgan fingerprint density at radius 3 is 2.71 bits per heavy atom. The van der Waals surface area contributed by atoms with Gasteiger partial charge >= 0.3 is 5.97 Å². The molecule has 0 radical (unpaired) electrons. The number of aliphatic carboxylic acids is 1. The zero-order chi connectivity index (χ0) is 20.7. The van der Waals surface area contributed by atoms with Gasteiger partial charge in [-0.3, -0.25) is 4.79 Å². The maximum absolute atomic E-state index is 10.3. The maximum atomic E-state index is 10.3. The third kappa shape index (κ3) is 6.17. The summed E-state index contributed by atoms with van der Waals surface area (Å²) in [5.74, 6) is -0.636. The molecule has 0 aromatic carbocycles. The molecule has 0 spiro atoms. The molecule has 0 fully saturated rings. The largest absolute Gasteiger partial charge is 0.480 e. The number of H-pyrrole nitrogens is 1. The van der Waals surface area contributed by atoms with Crippen molar-refractivity contribution in [2.24, 2.45) is 5.73 Å².